The first-order valence-electron chi connectivity index (χ1n) is 19.7. The van der Waals surface area contributed by atoms with Gasteiger partial charge in [-0.1, -0.05) is 139 Å². The Labute approximate surface area is 340 Å². The lowest BCUT2D eigenvalue weighted by Gasteiger charge is -2.26. The Balaban J connectivity index is 0.000000310. The number of aryl methyl sites for hydroxylation is 2. The van der Waals surface area contributed by atoms with Gasteiger partial charge in [0.25, 0.3) is 0 Å². The van der Waals surface area contributed by atoms with Gasteiger partial charge in [0, 0.05) is 23.0 Å². The molecule has 0 aliphatic heterocycles. The zero-order chi connectivity index (χ0) is 42.0. The maximum atomic E-state index is 11.1. The van der Waals surface area contributed by atoms with Crippen molar-refractivity contribution in [2.75, 3.05) is 26.4 Å². The van der Waals surface area contributed by atoms with E-state index in [0.717, 1.165) is 42.9 Å². The fraction of sp³-hybridized carbons (Fsp3) is 0.388. The van der Waals surface area contributed by atoms with E-state index in [2.05, 4.69) is 122 Å². The molecule has 57 heavy (non-hydrogen) atoms. The van der Waals surface area contributed by atoms with E-state index in [4.69, 9.17) is 18.9 Å². The zero-order valence-corrected chi connectivity index (χ0v) is 34.8. The number of hydrogen-bond acceptors (Lipinski definition) is 8. The van der Waals surface area contributed by atoms with Gasteiger partial charge < -0.3 is 29.2 Å². The van der Waals surface area contributed by atoms with Crippen molar-refractivity contribution in [3.8, 4) is 11.5 Å². The van der Waals surface area contributed by atoms with Gasteiger partial charge in [0.15, 0.2) is 0 Å². The average molecular weight is 779 g/mol. The van der Waals surface area contributed by atoms with Crippen molar-refractivity contribution in [3.05, 3.63) is 156 Å². The van der Waals surface area contributed by atoms with Gasteiger partial charge in [-0.25, -0.2) is 9.59 Å². The van der Waals surface area contributed by atoms with Crippen LogP contribution >= 0.6 is 0 Å². The number of aliphatic hydroxyl groups is 2. The van der Waals surface area contributed by atoms with Crippen LogP contribution in [0.15, 0.2) is 122 Å². The van der Waals surface area contributed by atoms with Gasteiger partial charge in [0.2, 0.25) is 0 Å². The SMILES string of the molecule is C=CC(=O)OCC(O)CCc1ccc(C(C)(C)c2ccc(OCC(C)CC)cc2)cc1.C=CC(=O)OCC(O)COc1ccc(C(C)(C)c2ccc(C)cc2)cc1. The largest absolute Gasteiger partial charge is 0.493 e. The molecule has 0 aliphatic carbocycles. The summed E-state index contributed by atoms with van der Waals surface area (Å²) < 4.78 is 21.1. The second-order valence-corrected chi connectivity index (χ2v) is 15.5. The molecule has 3 atom stereocenters. The molecule has 0 saturated heterocycles. The zero-order valence-electron chi connectivity index (χ0n) is 34.8. The molecule has 0 spiro atoms. The first-order chi connectivity index (χ1) is 27.1. The van der Waals surface area contributed by atoms with Gasteiger partial charge in [-0.15, -0.1) is 0 Å². The molecule has 8 heteroatoms. The monoisotopic (exact) mass is 778 g/mol. The molecule has 306 valence electrons. The van der Waals surface area contributed by atoms with Gasteiger partial charge >= 0.3 is 11.9 Å². The van der Waals surface area contributed by atoms with Gasteiger partial charge in [-0.2, -0.15) is 0 Å². The molecule has 0 radical (unpaired) electrons. The first kappa shape index (κ1) is 46.2. The lowest BCUT2D eigenvalue weighted by Crippen LogP contribution is -2.24. The van der Waals surface area contributed by atoms with E-state index in [9.17, 15) is 19.8 Å². The highest BCUT2D eigenvalue weighted by Gasteiger charge is 2.24. The van der Waals surface area contributed by atoms with Crippen LogP contribution in [0, 0.1) is 12.8 Å². The summed E-state index contributed by atoms with van der Waals surface area (Å²) in [6.45, 7) is 22.6. The Bertz CT molecular complexity index is 1820. The topological polar surface area (TPSA) is 112 Å². The molecule has 0 saturated carbocycles. The van der Waals surface area contributed by atoms with Gasteiger partial charge in [-0.3, -0.25) is 0 Å². The molecule has 2 N–H and O–H groups in total. The predicted octanol–water partition coefficient (Wildman–Crippen LogP) is 9.25. The van der Waals surface area contributed by atoms with E-state index in [0.29, 0.717) is 18.1 Å². The van der Waals surface area contributed by atoms with E-state index in [1.165, 1.54) is 27.8 Å². The smallest absolute Gasteiger partial charge is 0.330 e. The minimum absolute atomic E-state index is 0.00691. The van der Waals surface area contributed by atoms with Crippen LogP contribution in [-0.2, 0) is 36.3 Å². The molecule has 0 fully saturated rings. The van der Waals surface area contributed by atoms with Gasteiger partial charge in [0.1, 0.15) is 37.4 Å². The molecular weight excluding hydrogens is 717 g/mol. The van der Waals surface area contributed by atoms with Gasteiger partial charge in [0.05, 0.1) is 12.7 Å². The van der Waals surface area contributed by atoms with Crippen molar-refractivity contribution in [2.24, 2.45) is 5.92 Å². The Morgan fingerprint density at radius 3 is 1.42 bits per heavy atom. The van der Waals surface area contributed by atoms with Gasteiger partial charge in [-0.05, 0) is 77.8 Å². The van der Waals surface area contributed by atoms with Crippen molar-refractivity contribution in [1.29, 1.82) is 0 Å². The lowest BCUT2D eigenvalue weighted by molar-refractivity contribution is -0.141. The van der Waals surface area contributed by atoms with Crippen LogP contribution in [0.3, 0.4) is 0 Å². The fourth-order valence-electron chi connectivity index (χ4n) is 5.82. The van der Waals surface area contributed by atoms with Crippen molar-refractivity contribution in [2.45, 2.75) is 90.8 Å². The highest BCUT2D eigenvalue weighted by atomic mass is 16.6. The number of carbonyl (C=O) groups is 2. The third-order valence-corrected chi connectivity index (χ3v) is 10.2. The summed E-state index contributed by atoms with van der Waals surface area (Å²) in [4.78, 5) is 22.0. The van der Waals surface area contributed by atoms with Crippen LogP contribution in [0.2, 0.25) is 0 Å². The minimum Gasteiger partial charge on any atom is -0.493 e. The summed E-state index contributed by atoms with van der Waals surface area (Å²) in [5, 5.41) is 19.7. The normalized spacial score (nSPS) is 12.9. The molecule has 3 unspecified atom stereocenters. The van der Waals surface area contributed by atoms with Crippen molar-refractivity contribution in [3.63, 3.8) is 0 Å². The molecule has 4 aromatic rings. The first-order valence-corrected chi connectivity index (χ1v) is 19.7. The number of benzene rings is 4. The van der Waals surface area contributed by atoms with Crippen LogP contribution < -0.4 is 9.47 Å². The molecule has 0 aliphatic rings. The predicted molar refractivity (Wildman–Crippen MR) is 228 cm³/mol. The molecule has 0 aromatic heterocycles. The Kier molecular flexibility index (Phi) is 18.3. The second-order valence-electron chi connectivity index (χ2n) is 15.5. The lowest BCUT2D eigenvalue weighted by atomic mass is 9.78. The van der Waals surface area contributed by atoms with Crippen LogP contribution in [0.5, 0.6) is 11.5 Å². The summed E-state index contributed by atoms with van der Waals surface area (Å²) in [5.41, 5.74) is 7.01. The third kappa shape index (κ3) is 15.0. The van der Waals surface area contributed by atoms with E-state index in [1.807, 2.05) is 36.4 Å². The summed E-state index contributed by atoms with van der Waals surface area (Å²) in [7, 11) is 0. The van der Waals surface area contributed by atoms with Crippen molar-refractivity contribution < 1.29 is 38.7 Å². The van der Waals surface area contributed by atoms with E-state index in [-0.39, 0.29) is 30.7 Å². The second kappa shape index (κ2) is 22.5. The Hall–Kier alpha value is -5.18. The van der Waals surface area contributed by atoms with E-state index < -0.39 is 24.1 Å². The number of ether oxygens (including phenoxy) is 4. The maximum absolute atomic E-state index is 11.1. The number of carbonyl (C=O) groups excluding carboxylic acids is 2. The molecule has 0 amide bonds. The van der Waals surface area contributed by atoms with E-state index >= 15 is 0 Å². The summed E-state index contributed by atoms with van der Waals surface area (Å²) in [6, 6.07) is 33.2. The highest BCUT2D eigenvalue weighted by Crippen LogP contribution is 2.34. The van der Waals surface area contributed by atoms with Crippen molar-refractivity contribution >= 4 is 11.9 Å². The third-order valence-electron chi connectivity index (χ3n) is 10.2. The Morgan fingerprint density at radius 1 is 0.614 bits per heavy atom. The molecule has 8 nitrogen and oxygen atoms in total. The molecule has 0 heterocycles. The number of rotatable bonds is 20. The van der Waals surface area contributed by atoms with Crippen LogP contribution in [0.1, 0.15) is 87.8 Å². The quantitative estimate of drug-likeness (QED) is 0.0675. The van der Waals surface area contributed by atoms with Crippen molar-refractivity contribution in [1.82, 2.24) is 0 Å². The summed E-state index contributed by atoms with van der Waals surface area (Å²) >= 11 is 0. The van der Waals surface area contributed by atoms with Crippen LogP contribution in [-0.4, -0.2) is 60.8 Å². The standard InChI is InChI=1S/C27H36O4.C22H26O4/c1-6-20(3)18-30-25-16-13-23(14-17-25)27(4,5)22-11-8-21(9-12-22)10-15-24(28)19-31-26(29)7-2;1-5-21(24)26-15-19(23)14-25-20-12-10-18(11-13-20)22(3,4)17-8-6-16(2)7-9-17/h7-9,11-14,16-17,20,24,28H,2,6,10,15,18-19H2,1,3-5H3;5-13,19,23H,1,14-15H2,2-4H3. The minimum atomic E-state index is -0.887. The fourth-order valence-corrected chi connectivity index (χ4v) is 5.82. The molecular formula is C49H62O8. The van der Waals surface area contributed by atoms with E-state index in [1.54, 1.807) is 0 Å². The highest BCUT2D eigenvalue weighted by molar-refractivity contribution is 5.81. The molecule has 4 aromatic carbocycles. The molecule has 4 rings (SSSR count). The molecule has 0 bridgehead atoms. The average Bonchev–Trinajstić information content (AvgIpc) is 3.23. The maximum Gasteiger partial charge on any atom is 0.330 e. The summed E-state index contributed by atoms with van der Waals surface area (Å²) in [5.74, 6) is 1.04. The Morgan fingerprint density at radius 2 is 1.00 bits per heavy atom. The number of esters is 2. The summed E-state index contributed by atoms with van der Waals surface area (Å²) in [6.07, 6.45) is 2.95. The number of hydrogen-bond donors (Lipinski definition) is 2. The van der Waals surface area contributed by atoms with Crippen LogP contribution in [0.4, 0.5) is 0 Å². The number of aliphatic hydroxyl groups excluding tert-OH is 2. The van der Waals surface area contributed by atoms with Crippen LogP contribution in [0.25, 0.3) is 0 Å².